The summed E-state index contributed by atoms with van der Waals surface area (Å²) in [5, 5.41) is 5.02. The number of H-pyrrole nitrogens is 1. The first-order valence-electron chi connectivity index (χ1n) is 7.65. The van der Waals surface area contributed by atoms with Crippen LogP contribution in [-0.2, 0) is 12.8 Å². The van der Waals surface area contributed by atoms with E-state index in [1.807, 2.05) is 24.3 Å². The third kappa shape index (κ3) is 2.85. The fraction of sp³-hybridized carbons (Fsp3) is 0.222. The molecule has 1 aromatic heterocycles. The average Bonchev–Trinajstić information content (AvgIpc) is 2.87. The lowest BCUT2D eigenvalue weighted by Crippen LogP contribution is -2.25. The van der Waals surface area contributed by atoms with Crippen LogP contribution in [0, 0.1) is 0 Å². The minimum Gasteiger partial charge on any atom is -0.358 e. The third-order valence-corrected chi connectivity index (χ3v) is 5.12. The Hall–Kier alpha value is -1.78. The van der Waals surface area contributed by atoms with Crippen LogP contribution in [0.25, 0.3) is 10.9 Å². The van der Waals surface area contributed by atoms with E-state index < -0.39 is 5.92 Å². The van der Waals surface area contributed by atoms with Crippen LogP contribution in [-0.4, -0.2) is 10.9 Å². The van der Waals surface area contributed by atoms with E-state index in [4.69, 9.17) is 23.2 Å². The van der Waals surface area contributed by atoms with Gasteiger partial charge in [-0.25, -0.2) is 8.78 Å². The molecular weight excluding hydrogens is 353 g/mol. The van der Waals surface area contributed by atoms with Crippen LogP contribution in [0.2, 0.25) is 10.0 Å². The Kier molecular flexibility index (Phi) is 3.70. The van der Waals surface area contributed by atoms with Gasteiger partial charge < -0.3 is 10.3 Å². The van der Waals surface area contributed by atoms with Crippen molar-refractivity contribution in [3.8, 4) is 0 Å². The number of anilines is 2. The second kappa shape index (κ2) is 5.64. The molecule has 2 aromatic carbocycles. The Balaban J connectivity index is 1.71. The summed E-state index contributed by atoms with van der Waals surface area (Å²) in [6, 6.07) is 11.0. The molecule has 6 heteroatoms. The van der Waals surface area contributed by atoms with Crippen LogP contribution in [0.5, 0.6) is 0 Å². The van der Waals surface area contributed by atoms with E-state index in [1.165, 1.54) is 0 Å². The Labute approximate surface area is 147 Å². The highest BCUT2D eigenvalue weighted by Gasteiger charge is 2.35. The Morgan fingerprint density at radius 1 is 1.00 bits per heavy atom. The zero-order valence-electron chi connectivity index (χ0n) is 12.6. The fourth-order valence-corrected chi connectivity index (χ4v) is 3.49. The number of nitrogens with one attached hydrogen (secondary N) is 2. The van der Waals surface area contributed by atoms with Crippen molar-refractivity contribution < 1.29 is 8.78 Å². The number of rotatable bonds is 2. The van der Waals surface area contributed by atoms with Crippen molar-refractivity contribution in [1.29, 1.82) is 0 Å². The lowest BCUT2D eigenvalue weighted by Gasteiger charge is -2.21. The number of fused-ring (bicyclic) bond motifs is 3. The number of hydrogen-bond acceptors (Lipinski definition) is 1. The molecule has 124 valence electrons. The quantitative estimate of drug-likeness (QED) is 0.543. The summed E-state index contributed by atoms with van der Waals surface area (Å²) < 4.78 is 27.5. The molecular formula is C18H14Cl2F2N2. The highest BCUT2D eigenvalue weighted by molar-refractivity contribution is 6.42. The first kappa shape index (κ1) is 15.7. The van der Waals surface area contributed by atoms with Gasteiger partial charge >= 0.3 is 0 Å². The maximum atomic E-state index is 13.8. The van der Waals surface area contributed by atoms with Gasteiger partial charge in [0.15, 0.2) is 0 Å². The van der Waals surface area contributed by atoms with Gasteiger partial charge in [-0.2, -0.15) is 0 Å². The molecule has 0 atom stereocenters. The van der Waals surface area contributed by atoms with Crippen LogP contribution in [0.3, 0.4) is 0 Å². The zero-order valence-corrected chi connectivity index (χ0v) is 14.1. The average molecular weight is 367 g/mol. The highest BCUT2D eigenvalue weighted by atomic mass is 35.5. The monoisotopic (exact) mass is 366 g/mol. The minimum absolute atomic E-state index is 0.0960. The normalized spacial score (nSPS) is 16.2. The standard InChI is InChI=1S/C18H14Cl2F2N2/c19-14-3-1-11(8-15(14)20)23-10-2-4-16-12(7-10)13-9-18(21,22)6-5-17(13)24-16/h1-4,7-8,23-24H,5-6,9H2. The van der Waals surface area contributed by atoms with Crippen molar-refractivity contribution in [3.05, 3.63) is 57.7 Å². The van der Waals surface area contributed by atoms with E-state index in [0.717, 1.165) is 33.5 Å². The first-order chi connectivity index (χ1) is 11.4. The molecule has 24 heavy (non-hydrogen) atoms. The van der Waals surface area contributed by atoms with Crippen LogP contribution in [0.15, 0.2) is 36.4 Å². The molecule has 0 bridgehead atoms. The minimum atomic E-state index is -2.63. The smallest absolute Gasteiger partial charge is 0.252 e. The van der Waals surface area contributed by atoms with Crippen molar-refractivity contribution in [2.75, 3.05) is 5.32 Å². The molecule has 3 aromatic rings. The predicted molar refractivity (Wildman–Crippen MR) is 95.0 cm³/mol. The molecule has 0 radical (unpaired) electrons. The van der Waals surface area contributed by atoms with E-state index in [1.54, 1.807) is 12.1 Å². The number of halogens is 4. The maximum absolute atomic E-state index is 13.8. The molecule has 0 saturated carbocycles. The number of aryl methyl sites for hydroxylation is 1. The van der Waals surface area contributed by atoms with Crippen LogP contribution >= 0.6 is 23.2 Å². The summed E-state index contributed by atoms with van der Waals surface area (Å²) in [5.74, 6) is -2.63. The van der Waals surface area contributed by atoms with Crippen LogP contribution < -0.4 is 5.32 Å². The molecule has 1 aliphatic carbocycles. The fourth-order valence-electron chi connectivity index (χ4n) is 3.19. The lowest BCUT2D eigenvalue weighted by molar-refractivity contribution is -0.0121. The van der Waals surface area contributed by atoms with Gasteiger partial charge in [0.2, 0.25) is 0 Å². The van der Waals surface area contributed by atoms with Crippen molar-refractivity contribution in [1.82, 2.24) is 4.98 Å². The summed E-state index contributed by atoms with van der Waals surface area (Å²) in [6.45, 7) is 0. The molecule has 0 amide bonds. The topological polar surface area (TPSA) is 27.8 Å². The highest BCUT2D eigenvalue weighted by Crippen LogP contribution is 2.38. The van der Waals surface area contributed by atoms with Crippen molar-refractivity contribution in [2.24, 2.45) is 0 Å². The summed E-state index contributed by atoms with van der Waals surface area (Å²) in [5.41, 5.74) is 4.13. The number of alkyl halides is 2. The number of hydrogen-bond donors (Lipinski definition) is 2. The molecule has 0 saturated heterocycles. The summed E-state index contributed by atoms with van der Waals surface area (Å²) in [4.78, 5) is 3.26. The molecule has 0 unspecified atom stereocenters. The largest absolute Gasteiger partial charge is 0.358 e. The molecule has 1 heterocycles. The van der Waals surface area contributed by atoms with Crippen LogP contribution in [0.1, 0.15) is 17.7 Å². The predicted octanol–water partition coefficient (Wildman–Crippen LogP) is 6.34. The second-order valence-electron chi connectivity index (χ2n) is 6.13. The Bertz CT molecular complexity index is 934. The van der Waals surface area contributed by atoms with E-state index in [9.17, 15) is 8.78 Å². The van der Waals surface area contributed by atoms with E-state index >= 15 is 0 Å². The summed E-state index contributed by atoms with van der Waals surface area (Å²) in [6.07, 6.45) is 0.0757. The Morgan fingerprint density at radius 3 is 2.54 bits per heavy atom. The van der Waals surface area contributed by atoms with Gasteiger partial charge in [-0.15, -0.1) is 0 Å². The number of aromatic amines is 1. The molecule has 0 aliphatic heterocycles. The molecule has 0 fully saturated rings. The van der Waals surface area contributed by atoms with Crippen molar-refractivity contribution in [3.63, 3.8) is 0 Å². The maximum Gasteiger partial charge on any atom is 0.252 e. The SMILES string of the molecule is FC1(F)CCc2[nH]c3ccc(Nc4ccc(Cl)c(Cl)c4)cc3c2C1. The van der Waals surface area contributed by atoms with E-state index in [0.29, 0.717) is 16.5 Å². The van der Waals surface area contributed by atoms with Crippen LogP contribution in [0.4, 0.5) is 20.2 Å². The van der Waals surface area contributed by atoms with Gasteiger partial charge in [-0.3, -0.25) is 0 Å². The Morgan fingerprint density at radius 2 is 1.75 bits per heavy atom. The first-order valence-corrected chi connectivity index (χ1v) is 8.40. The molecule has 4 rings (SSSR count). The summed E-state index contributed by atoms with van der Waals surface area (Å²) >= 11 is 11.9. The van der Waals surface area contributed by atoms with Gasteiger partial charge in [0.1, 0.15) is 0 Å². The molecule has 2 N–H and O–H groups in total. The lowest BCUT2D eigenvalue weighted by atomic mass is 9.92. The number of benzene rings is 2. The summed E-state index contributed by atoms with van der Waals surface area (Å²) in [7, 11) is 0. The van der Waals surface area contributed by atoms with Gasteiger partial charge in [-0.1, -0.05) is 23.2 Å². The van der Waals surface area contributed by atoms with Crippen molar-refractivity contribution >= 4 is 45.5 Å². The zero-order chi connectivity index (χ0) is 16.9. The molecule has 1 aliphatic rings. The van der Waals surface area contributed by atoms with Gasteiger partial charge in [-0.05, 0) is 48.4 Å². The van der Waals surface area contributed by atoms with Crippen molar-refractivity contribution in [2.45, 2.75) is 25.2 Å². The molecule has 2 nitrogen and oxygen atoms in total. The number of aromatic nitrogens is 1. The van der Waals surface area contributed by atoms with Gasteiger partial charge in [0.05, 0.1) is 10.0 Å². The third-order valence-electron chi connectivity index (χ3n) is 4.38. The van der Waals surface area contributed by atoms with Gasteiger partial charge in [0.25, 0.3) is 5.92 Å². The van der Waals surface area contributed by atoms with Gasteiger partial charge in [0, 0.05) is 40.8 Å². The second-order valence-corrected chi connectivity index (χ2v) is 6.94. The molecule has 0 spiro atoms. The van der Waals surface area contributed by atoms with E-state index in [2.05, 4.69) is 10.3 Å². The van der Waals surface area contributed by atoms with E-state index in [-0.39, 0.29) is 12.8 Å².